The maximum Gasteiger partial charge on any atom is 0.251 e. The van der Waals surface area contributed by atoms with Gasteiger partial charge in [0.25, 0.3) is 5.56 Å². The van der Waals surface area contributed by atoms with Crippen molar-refractivity contribution in [2.45, 2.75) is 31.2 Å². The van der Waals surface area contributed by atoms with E-state index in [4.69, 9.17) is 0 Å². The van der Waals surface area contributed by atoms with Crippen LogP contribution in [0.3, 0.4) is 0 Å². The van der Waals surface area contributed by atoms with E-state index >= 15 is 0 Å². The molecule has 1 amide bonds. The molecule has 2 aromatic heterocycles. The van der Waals surface area contributed by atoms with Crippen molar-refractivity contribution in [3.8, 4) is 17.2 Å². The number of nitriles is 1. The van der Waals surface area contributed by atoms with Crippen LogP contribution in [0.4, 0.5) is 5.13 Å². The predicted molar refractivity (Wildman–Crippen MR) is 160 cm³/mol. The third-order valence-electron chi connectivity index (χ3n) is 8.65. The molecular formula is C34H26N4O2S. The molecule has 2 bridgehead atoms. The molecule has 8 rings (SSSR count). The zero-order valence-electron chi connectivity index (χ0n) is 22.4. The van der Waals surface area contributed by atoms with Gasteiger partial charge in [-0.15, -0.1) is 11.3 Å². The highest BCUT2D eigenvalue weighted by Crippen LogP contribution is 2.63. The van der Waals surface area contributed by atoms with Gasteiger partial charge in [0.15, 0.2) is 5.13 Å². The molecule has 1 unspecified atom stereocenters. The molecule has 0 spiro atoms. The highest BCUT2D eigenvalue weighted by molar-refractivity contribution is 7.13. The fourth-order valence-corrected chi connectivity index (χ4v) is 7.49. The molecule has 0 saturated heterocycles. The molecule has 200 valence electrons. The summed E-state index contributed by atoms with van der Waals surface area (Å²) >= 11 is 1.34. The minimum Gasteiger partial charge on any atom is -0.309 e. The Bertz CT molecular complexity index is 1870. The van der Waals surface area contributed by atoms with Gasteiger partial charge in [0, 0.05) is 23.6 Å². The third-order valence-corrected chi connectivity index (χ3v) is 9.46. The SMILES string of the molecule is CC1(C(=O)Nc2nc(Cn3ccc(-c4ccccc4)cc3=O)cs2)CC2(C#N)c3ccccc3C1c1ccccc12. The highest BCUT2D eigenvalue weighted by Gasteiger charge is 2.61. The summed E-state index contributed by atoms with van der Waals surface area (Å²) in [7, 11) is 0. The smallest absolute Gasteiger partial charge is 0.251 e. The zero-order valence-corrected chi connectivity index (χ0v) is 23.2. The molecule has 0 saturated carbocycles. The van der Waals surface area contributed by atoms with Crippen molar-refractivity contribution in [1.29, 1.82) is 5.26 Å². The van der Waals surface area contributed by atoms with Crippen LogP contribution in [0.5, 0.6) is 0 Å². The average molecular weight is 555 g/mol. The molecule has 3 aromatic carbocycles. The van der Waals surface area contributed by atoms with Crippen molar-refractivity contribution < 1.29 is 4.79 Å². The standard InChI is InChI=1S/C34H26N4O2S/c1-33(20-34(21-35)27-13-7-5-11-25(27)30(33)26-12-6-8-14-28(26)34)31(40)37-32-36-24(19-41-32)18-38-16-15-23(17-29(38)39)22-9-3-2-4-10-22/h2-17,19,30H,18,20H2,1H3,(H,36,37,40). The zero-order chi connectivity index (χ0) is 28.2. The van der Waals surface area contributed by atoms with Crippen LogP contribution in [-0.2, 0) is 16.8 Å². The summed E-state index contributed by atoms with van der Waals surface area (Å²) in [4.78, 5) is 31.5. The minimum atomic E-state index is -0.894. The van der Waals surface area contributed by atoms with Gasteiger partial charge in [-0.1, -0.05) is 78.9 Å². The topological polar surface area (TPSA) is 87.8 Å². The van der Waals surface area contributed by atoms with Gasteiger partial charge in [-0.2, -0.15) is 5.26 Å². The van der Waals surface area contributed by atoms with Gasteiger partial charge in [0.2, 0.25) is 5.91 Å². The van der Waals surface area contributed by atoms with Crippen LogP contribution in [0, 0.1) is 16.7 Å². The van der Waals surface area contributed by atoms with Crippen LogP contribution < -0.4 is 10.9 Å². The van der Waals surface area contributed by atoms with Crippen LogP contribution in [0.15, 0.2) is 107 Å². The molecule has 41 heavy (non-hydrogen) atoms. The van der Waals surface area contributed by atoms with Crippen LogP contribution in [0.25, 0.3) is 11.1 Å². The summed E-state index contributed by atoms with van der Waals surface area (Å²) < 4.78 is 1.61. The number of carbonyl (C=O) groups excluding carboxylic acids is 1. The number of anilines is 1. The van der Waals surface area contributed by atoms with Crippen molar-refractivity contribution in [3.05, 3.63) is 141 Å². The van der Waals surface area contributed by atoms with E-state index in [0.29, 0.717) is 23.8 Å². The first-order chi connectivity index (χ1) is 19.9. The van der Waals surface area contributed by atoms with Crippen molar-refractivity contribution in [2.75, 3.05) is 5.32 Å². The second-order valence-electron chi connectivity index (χ2n) is 11.1. The van der Waals surface area contributed by atoms with Crippen LogP contribution in [0.1, 0.15) is 47.2 Å². The lowest BCUT2D eigenvalue weighted by Crippen LogP contribution is -2.53. The highest BCUT2D eigenvalue weighted by atomic mass is 32.1. The van der Waals surface area contributed by atoms with Crippen molar-refractivity contribution in [1.82, 2.24) is 9.55 Å². The molecule has 2 heterocycles. The van der Waals surface area contributed by atoms with Gasteiger partial charge in [-0.05, 0) is 52.8 Å². The molecule has 0 fully saturated rings. The second-order valence-corrected chi connectivity index (χ2v) is 11.9. The summed E-state index contributed by atoms with van der Waals surface area (Å²) in [5.41, 5.74) is 4.76. The van der Waals surface area contributed by atoms with Crippen molar-refractivity contribution in [3.63, 3.8) is 0 Å². The quantitative estimate of drug-likeness (QED) is 0.275. The summed E-state index contributed by atoms with van der Waals surface area (Å²) in [6, 6.07) is 32.0. The number of benzene rings is 3. The normalized spacial score (nSPS) is 21.9. The third kappa shape index (κ3) is 3.86. The Kier molecular flexibility index (Phi) is 5.77. The number of rotatable bonds is 5. The molecule has 0 aliphatic heterocycles. The predicted octanol–water partition coefficient (Wildman–Crippen LogP) is 6.32. The summed E-state index contributed by atoms with van der Waals surface area (Å²) in [5, 5.41) is 16.0. The van der Waals surface area contributed by atoms with Gasteiger partial charge in [0.05, 0.1) is 23.7 Å². The maximum absolute atomic E-state index is 14.0. The van der Waals surface area contributed by atoms with E-state index < -0.39 is 10.8 Å². The monoisotopic (exact) mass is 554 g/mol. The van der Waals surface area contributed by atoms with E-state index in [9.17, 15) is 14.9 Å². The molecule has 3 aliphatic carbocycles. The summed E-state index contributed by atoms with van der Waals surface area (Å²) in [6.07, 6.45) is 2.17. The Morgan fingerprint density at radius 3 is 2.32 bits per heavy atom. The van der Waals surface area contributed by atoms with Gasteiger partial charge in [-0.3, -0.25) is 9.59 Å². The van der Waals surface area contributed by atoms with Crippen LogP contribution in [0.2, 0.25) is 0 Å². The number of aromatic nitrogens is 2. The Balaban J connectivity index is 1.16. The molecule has 1 N–H and O–H groups in total. The van der Waals surface area contributed by atoms with Crippen molar-refractivity contribution >= 4 is 22.4 Å². The average Bonchev–Trinajstić information content (AvgIpc) is 3.45. The largest absolute Gasteiger partial charge is 0.309 e. The number of hydrogen-bond acceptors (Lipinski definition) is 5. The Hall–Kier alpha value is -4.80. The Morgan fingerprint density at radius 1 is 1.00 bits per heavy atom. The first kappa shape index (κ1) is 25.2. The fraction of sp³-hybridized carbons (Fsp3) is 0.176. The van der Waals surface area contributed by atoms with Crippen molar-refractivity contribution in [2.24, 2.45) is 5.41 Å². The number of pyridine rings is 1. The lowest BCUT2D eigenvalue weighted by molar-refractivity contribution is -0.127. The second kappa shape index (κ2) is 9.39. The molecule has 0 radical (unpaired) electrons. The Labute approximate surface area is 241 Å². The minimum absolute atomic E-state index is 0.116. The van der Waals surface area contributed by atoms with Gasteiger partial charge in [-0.25, -0.2) is 4.98 Å². The van der Waals surface area contributed by atoms with Crippen LogP contribution >= 0.6 is 11.3 Å². The first-order valence-corrected chi connectivity index (χ1v) is 14.4. The Morgan fingerprint density at radius 2 is 1.66 bits per heavy atom. The number of amides is 1. The molecule has 7 heteroatoms. The van der Waals surface area contributed by atoms with E-state index in [1.54, 1.807) is 16.8 Å². The maximum atomic E-state index is 14.0. The lowest BCUT2D eigenvalue weighted by atomic mass is 9.47. The number of fused-ring (bicyclic) bond motifs is 1. The van der Waals surface area contributed by atoms with E-state index in [2.05, 4.69) is 28.5 Å². The summed E-state index contributed by atoms with van der Waals surface area (Å²) in [6.45, 7) is 2.27. The fourth-order valence-electron chi connectivity index (χ4n) is 6.79. The summed E-state index contributed by atoms with van der Waals surface area (Å²) in [5.74, 6) is -0.331. The molecule has 5 aromatic rings. The van der Waals surface area contributed by atoms with Gasteiger partial charge in [0.1, 0.15) is 5.41 Å². The van der Waals surface area contributed by atoms with E-state index in [1.165, 1.54) is 11.3 Å². The van der Waals surface area contributed by atoms with E-state index in [-0.39, 0.29) is 17.4 Å². The molecule has 6 nitrogen and oxygen atoms in total. The molecule has 1 atom stereocenters. The van der Waals surface area contributed by atoms with E-state index in [1.807, 2.05) is 85.1 Å². The van der Waals surface area contributed by atoms with Gasteiger partial charge < -0.3 is 9.88 Å². The number of hydrogen-bond donors (Lipinski definition) is 1. The van der Waals surface area contributed by atoms with Gasteiger partial charge >= 0.3 is 0 Å². The number of thiazole rings is 1. The van der Waals surface area contributed by atoms with Crippen LogP contribution in [-0.4, -0.2) is 15.5 Å². The lowest BCUT2D eigenvalue weighted by Gasteiger charge is -2.54. The number of nitrogens with zero attached hydrogens (tertiary/aromatic N) is 3. The first-order valence-electron chi connectivity index (χ1n) is 13.5. The number of nitrogens with one attached hydrogen (secondary N) is 1. The molecular weight excluding hydrogens is 528 g/mol. The number of carbonyl (C=O) groups is 1. The van der Waals surface area contributed by atoms with E-state index in [0.717, 1.165) is 33.4 Å². The molecule has 3 aliphatic rings.